The van der Waals surface area contributed by atoms with Crippen LogP contribution >= 0.6 is 0 Å². The monoisotopic (exact) mass is 469 g/mol. The molecule has 34 heavy (non-hydrogen) atoms. The topological polar surface area (TPSA) is 89.4 Å². The van der Waals surface area contributed by atoms with Crippen molar-refractivity contribution < 1.29 is 18.7 Å². The third-order valence-corrected chi connectivity index (χ3v) is 6.54. The Hall–Kier alpha value is -3.00. The fourth-order valence-corrected chi connectivity index (χ4v) is 4.70. The lowest BCUT2D eigenvalue weighted by Gasteiger charge is -2.23. The van der Waals surface area contributed by atoms with Crippen molar-refractivity contribution in [2.45, 2.75) is 70.1 Å². The van der Waals surface area contributed by atoms with E-state index >= 15 is 0 Å². The van der Waals surface area contributed by atoms with Crippen molar-refractivity contribution in [1.82, 2.24) is 15.2 Å². The summed E-state index contributed by atoms with van der Waals surface area (Å²) in [5.41, 5.74) is 0.0618. The van der Waals surface area contributed by atoms with Gasteiger partial charge in [-0.2, -0.15) is 0 Å². The van der Waals surface area contributed by atoms with Crippen LogP contribution in [0.25, 0.3) is 0 Å². The van der Waals surface area contributed by atoms with Crippen molar-refractivity contribution in [3.8, 4) is 0 Å². The molecule has 2 fully saturated rings. The Bertz CT molecular complexity index is 1070. The van der Waals surface area contributed by atoms with E-state index in [1.54, 1.807) is 16.7 Å². The Morgan fingerprint density at radius 3 is 2.50 bits per heavy atom. The Balaban J connectivity index is 1.51. The van der Waals surface area contributed by atoms with Gasteiger partial charge in [-0.1, -0.05) is 31.4 Å². The third kappa shape index (κ3) is 6.32. The number of benzene rings is 1. The molecule has 1 aliphatic carbocycles. The van der Waals surface area contributed by atoms with Gasteiger partial charge in [-0.15, -0.1) is 0 Å². The van der Waals surface area contributed by atoms with Crippen LogP contribution in [0.2, 0.25) is 0 Å². The highest BCUT2D eigenvalue weighted by molar-refractivity contribution is 5.99. The SMILES string of the molecule is O=C(NCCc1cccc(F)c1)c1cn(CC2CCCO2)cc(C(=O)NC2CCCCC2)c1=O. The number of rotatable bonds is 8. The molecule has 2 aliphatic rings. The van der Waals surface area contributed by atoms with Crippen LogP contribution in [0.15, 0.2) is 41.5 Å². The van der Waals surface area contributed by atoms with Gasteiger partial charge in [0.25, 0.3) is 11.8 Å². The average molecular weight is 470 g/mol. The molecule has 2 aromatic rings. The molecule has 0 spiro atoms. The molecule has 1 saturated heterocycles. The van der Waals surface area contributed by atoms with Crippen LogP contribution in [0.4, 0.5) is 4.39 Å². The molecule has 0 bridgehead atoms. The predicted molar refractivity (Wildman–Crippen MR) is 126 cm³/mol. The molecule has 2 heterocycles. The lowest BCUT2D eigenvalue weighted by Crippen LogP contribution is -2.40. The smallest absolute Gasteiger partial charge is 0.256 e. The van der Waals surface area contributed by atoms with Gasteiger partial charge in [-0.25, -0.2) is 4.39 Å². The summed E-state index contributed by atoms with van der Waals surface area (Å²) in [6, 6.07) is 6.22. The summed E-state index contributed by atoms with van der Waals surface area (Å²) in [4.78, 5) is 39.1. The third-order valence-electron chi connectivity index (χ3n) is 6.54. The minimum Gasteiger partial charge on any atom is -0.376 e. The van der Waals surface area contributed by atoms with Gasteiger partial charge in [0, 0.05) is 38.1 Å². The molecule has 1 unspecified atom stereocenters. The normalized spacial score (nSPS) is 18.6. The maximum Gasteiger partial charge on any atom is 0.256 e. The van der Waals surface area contributed by atoms with Crippen molar-refractivity contribution in [2.75, 3.05) is 13.2 Å². The van der Waals surface area contributed by atoms with Crippen LogP contribution in [0, 0.1) is 5.82 Å². The number of amides is 2. The first-order valence-corrected chi connectivity index (χ1v) is 12.2. The van der Waals surface area contributed by atoms with E-state index in [1.165, 1.54) is 24.5 Å². The van der Waals surface area contributed by atoms with Crippen LogP contribution in [0.5, 0.6) is 0 Å². The van der Waals surface area contributed by atoms with Gasteiger partial charge in [0.2, 0.25) is 5.43 Å². The number of aromatic nitrogens is 1. The van der Waals surface area contributed by atoms with Crippen LogP contribution in [0.1, 0.15) is 71.2 Å². The van der Waals surface area contributed by atoms with Gasteiger partial charge in [-0.05, 0) is 49.8 Å². The van der Waals surface area contributed by atoms with Crippen LogP contribution in [-0.2, 0) is 17.7 Å². The average Bonchev–Trinajstić information content (AvgIpc) is 3.33. The molecule has 0 radical (unpaired) electrons. The summed E-state index contributed by atoms with van der Waals surface area (Å²) in [5.74, 6) is -1.32. The van der Waals surface area contributed by atoms with Crippen LogP contribution in [-0.4, -0.2) is 41.7 Å². The van der Waals surface area contributed by atoms with E-state index in [4.69, 9.17) is 4.74 Å². The van der Waals surface area contributed by atoms with Gasteiger partial charge in [0.05, 0.1) is 6.10 Å². The number of nitrogens with zero attached hydrogens (tertiary/aromatic N) is 1. The minimum absolute atomic E-state index is 0.0133. The van der Waals surface area contributed by atoms with Gasteiger partial charge in [0.1, 0.15) is 16.9 Å². The van der Waals surface area contributed by atoms with E-state index in [-0.39, 0.29) is 35.6 Å². The molecule has 1 aromatic heterocycles. The standard InChI is InChI=1S/C26H32FN3O4/c27-19-7-4-6-18(14-19)11-12-28-25(32)22-16-30(15-21-10-5-13-34-21)17-23(24(22)31)26(33)29-20-8-2-1-3-9-20/h4,6-7,14,16-17,20-21H,1-3,5,8-13,15H2,(H,28,32)(H,29,33). The van der Waals surface area contributed by atoms with E-state index in [2.05, 4.69) is 10.6 Å². The number of ether oxygens (including phenoxy) is 1. The summed E-state index contributed by atoms with van der Waals surface area (Å²) in [6.45, 7) is 1.40. The number of carbonyl (C=O) groups is 2. The van der Waals surface area contributed by atoms with E-state index < -0.39 is 17.2 Å². The maximum absolute atomic E-state index is 13.4. The summed E-state index contributed by atoms with van der Waals surface area (Å²) in [5, 5.41) is 5.72. The largest absolute Gasteiger partial charge is 0.376 e. The number of hydrogen-bond acceptors (Lipinski definition) is 4. The van der Waals surface area contributed by atoms with Crippen LogP contribution in [0.3, 0.4) is 0 Å². The second-order valence-electron chi connectivity index (χ2n) is 9.19. The highest BCUT2D eigenvalue weighted by atomic mass is 19.1. The first-order valence-electron chi connectivity index (χ1n) is 12.2. The highest BCUT2D eigenvalue weighted by Crippen LogP contribution is 2.18. The van der Waals surface area contributed by atoms with Crippen molar-refractivity contribution in [1.29, 1.82) is 0 Å². The van der Waals surface area contributed by atoms with Crippen molar-refractivity contribution in [3.05, 3.63) is 69.4 Å². The number of hydrogen-bond donors (Lipinski definition) is 2. The minimum atomic E-state index is -0.583. The van der Waals surface area contributed by atoms with Gasteiger partial charge >= 0.3 is 0 Å². The quantitative estimate of drug-likeness (QED) is 0.621. The zero-order valence-electron chi connectivity index (χ0n) is 19.4. The lowest BCUT2D eigenvalue weighted by atomic mass is 9.95. The Labute approximate surface area is 198 Å². The van der Waals surface area contributed by atoms with E-state index in [9.17, 15) is 18.8 Å². The molecule has 1 aromatic carbocycles. The van der Waals surface area contributed by atoms with Crippen LogP contribution < -0.4 is 16.1 Å². The molecule has 8 heteroatoms. The van der Waals surface area contributed by atoms with Crippen molar-refractivity contribution in [2.24, 2.45) is 0 Å². The first kappa shape index (κ1) is 24.1. The molecule has 2 N–H and O–H groups in total. The van der Waals surface area contributed by atoms with Crippen molar-refractivity contribution in [3.63, 3.8) is 0 Å². The molecule has 1 atom stereocenters. The summed E-state index contributed by atoms with van der Waals surface area (Å²) in [6.07, 6.45) is 10.4. The van der Waals surface area contributed by atoms with E-state index in [1.807, 2.05) is 0 Å². The number of carbonyl (C=O) groups excluding carboxylic acids is 2. The zero-order valence-corrected chi connectivity index (χ0v) is 19.4. The molecular formula is C26H32FN3O4. The van der Waals surface area contributed by atoms with Gasteiger partial charge in [0.15, 0.2) is 0 Å². The second-order valence-corrected chi connectivity index (χ2v) is 9.19. The molecule has 7 nitrogen and oxygen atoms in total. The molecular weight excluding hydrogens is 437 g/mol. The molecule has 2 amide bonds. The Morgan fingerprint density at radius 1 is 1.03 bits per heavy atom. The maximum atomic E-state index is 13.4. The van der Waals surface area contributed by atoms with Gasteiger partial charge in [-0.3, -0.25) is 14.4 Å². The summed E-state index contributed by atoms with van der Waals surface area (Å²) < 4.78 is 20.8. The van der Waals surface area contributed by atoms with Gasteiger partial charge < -0.3 is 19.9 Å². The molecule has 182 valence electrons. The van der Waals surface area contributed by atoms with Crippen molar-refractivity contribution >= 4 is 11.8 Å². The first-order chi connectivity index (χ1) is 16.5. The highest BCUT2D eigenvalue weighted by Gasteiger charge is 2.24. The summed E-state index contributed by atoms with van der Waals surface area (Å²) in [7, 11) is 0. The number of nitrogens with one attached hydrogen (secondary N) is 2. The predicted octanol–water partition coefficient (Wildman–Crippen LogP) is 3.20. The Kier molecular flexibility index (Phi) is 8.11. The van der Waals surface area contributed by atoms with E-state index in [0.717, 1.165) is 50.5 Å². The lowest BCUT2D eigenvalue weighted by molar-refractivity contribution is 0.0912. The molecule has 1 saturated carbocycles. The number of pyridine rings is 1. The number of halogens is 1. The zero-order chi connectivity index (χ0) is 23.9. The van der Waals surface area contributed by atoms with E-state index in [0.29, 0.717) is 19.6 Å². The molecule has 4 rings (SSSR count). The Morgan fingerprint density at radius 2 is 1.79 bits per heavy atom. The fourth-order valence-electron chi connectivity index (χ4n) is 4.70. The molecule has 1 aliphatic heterocycles. The second kappa shape index (κ2) is 11.4. The summed E-state index contributed by atoms with van der Waals surface area (Å²) >= 11 is 0. The fraction of sp³-hybridized carbons (Fsp3) is 0.500.